The molecule has 0 spiro atoms. The second kappa shape index (κ2) is 3.25. The van der Waals surface area contributed by atoms with Gasteiger partial charge in [-0.2, -0.15) is 0 Å². The zero-order valence-corrected chi connectivity index (χ0v) is 8.64. The van der Waals surface area contributed by atoms with Crippen LogP contribution in [0.15, 0.2) is 22.8 Å². The third-order valence-electron chi connectivity index (χ3n) is 2.09. The summed E-state index contributed by atoms with van der Waals surface area (Å²) >= 11 is 3.25. The van der Waals surface area contributed by atoms with Crippen LogP contribution in [0.1, 0.15) is 12.8 Å². The lowest BCUT2D eigenvalue weighted by molar-refractivity contribution is 0.326. The van der Waals surface area contributed by atoms with Crippen LogP contribution in [-0.2, 0) is 0 Å². The normalized spacial score (nSPS) is 18.3. The van der Waals surface area contributed by atoms with Crippen molar-refractivity contribution in [1.82, 2.24) is 4.98 Å². The summed E-state index contributed by atoms with van der Waals surface area (Å²) in [7, 11) is 0. The summed E-state index contributed by atoms with van der Waals surface area (Å²) in [6, 6.07) is 5.54. The molecule has 1 aliphatic carbocycles. The molecule has 0 amide bonds. The molecule has 0 atom stereocenters. The average Bonchev–Trinajstić information content (AvgIpc) is 2.82. The SMILES string of the molecule is FC1(CNc2cccc(Br)n2)CC1. The molecule has 0 bridgehead atoms. The van der Waals surface area contributed by atoms with Crippen molar-refractivity contribution >= 4 is 21.7 Å². The fraction of sp³-hybridized carbons (Fsp3) is 0.444. The van der Waals surface area contributed by atoms with Crippen LogP contribution in [0.2, 0.25) is 0 Å². The molecule has 1 aromatic rings. The Morgan fingerprint density at radius 2 is 2.31 bits per heavy atom. The third-order valence-corrected chi connectivity index (χ3v) is 2.54. The summed E-state index contributed by atoms with van der Waals surface area (Å²) in [6.07, 6.45) is 1.35. The molecule has 1 N–H and O–H groups in total. The highest BCUT2D eigenvalue weighted by Crippen LogP contribution is 2.39. The lowest BCUT2D eigenvalue weighted by atomic mass is 10.3. The number of hydrogen-bond acceptors (Lipinski definition) is 2. The predicted molar refractivity (Wildman–Crippen MR) is 53.5 cm³/mol. The first-order valence-electron chi connectivity index (χ1n) is 4.23. The molecule has 2 rings (SSSR count). The number of nitrogens with one attached hydrogen (secondary N) is 1. The second-order valence-electron chi connectivity index (χ2n) is 3.35. The first kappa shape index (κ1) is 8.94. The zero-order chi connectivity index (χ0) is 9.31. The molecule has 1 aromatic heterocycles. The first-order chi connectivity index (χ1) is 6.18. The van der Waals surface area contributed by atoms with E-state index in [-0.39, 0.29) is 0 Å². The van der Waals surface area contributed by atoms with Gasteiger partial charge in [0.1, 0.15) is 16.1 Å². The van der Waals surface area contributed by atoms with Crippen LogP contribution >= 0.6 is 15.9 Å². The predicted octanol–water partition coefficient (Wildman–Crippen LogP) is 2.76. The molecule has 1 heterocycles. The number of aromatic nitrogens is 1. The minimum atomic E-state index is -0.968. The molecule has 0 aliphatic heterocycles. The van der Waals surface area contributed by atoms with Crippen LogP contribution in [-0.4, -0.2) is 17.2 Å². The van der Waals surface area contributed by atoms with Gasteiger partial charge in [-0.15, -0.1) is 0 Å². The van der Waals surface area contributed by atoms with Crippen molar-refractivity contribution in [2.75, 3.05) is 11.9 Å². The van der Waals surface area contributed by atoms with Gasteiger partial charge in [0, 0.05) is 0 Å². The minimum Gasteiger partial charge on any atom is -0.367 e. The van der Waals surface area contributed by atoms with Crippen molar-refractivity contribution in [3.63, 3.8) is 0 Å². The van der Waals surface area contributed by atoms with E-state index in [1.807, 2.05) is 18.2 Å². The molecule has 4 heteroatoms. The number of anilines is 1. The monoisotopic (exact) mass is 244 g/mol. The number of hydrogen-bond donors (Lipinski definition) is 1. The molecule has 1 saturated carbocycles. The summed E-state index contributed by atoms with van der Waals surface area (Å²) in [5, 5.41) is 2.97. The Balaban J connectivity index is 1.94. The van der Waals surface area contributed by atoms with Crippen LogP contribution in [0.4, 0.5) is 10.2 Å². The van der Waals surface area contributed by atoms with E-state index in [1.54, 1.807) is 0 Å². The minimum absolute atomic E-state index is 0.371. The Labute approximate surface area is 84.7 Å². The van der Waals surface area contributed by atoms with Gasteiger partial charge < -0.3 is 5.32 Å². The van der Waals surface area contributed by atoms with Crippen molar-refractivity contribution in [2.45, 2.75) is 18.5 Å². The fourth-order valence-electron chi connectivity index (χ4n) is 1.07. The van der Waals surface area contributed by atoms with Gasteiger partial charge in [-0.3, -0.25) is 0 Å². The maximum atomic E-state index is 13.2. The van der Waals surface area contributed by atoms with E-state index in [4.69, 9.17) is 0 Å². The molecule has 0 unspecified atom stereocenters. The molecular formula is C9H10BrFN2. The number of rotatable bonds is 3. The highest BCUT2D eigenvalue weighted by atomic mass is 79.9. The van der Waals surface area contributed by atoms with Crippen molar-refractivity contribution in [1.29, 1.82) is 0 Å². The van der Waals surface area contributed by atoms with Crippen LogP contribution < -0.4 is 5.32 Å². The zero-order valence-electron chi connectivity index (χ0n) is 7.06. The Morgan fingerprint density at radius 1 is 1.54 bits per heavy atom. The Kier molecular flexibility index (Phi) is 2.24. The van der Waals surface area contributed by atoms with Gasteiger partial charge >= 0.3 is 0 Å². The number of nitrogens with zero attached hydrogens (tertiary/aromatic N) is 1. The van der Waals surface area contributed by atoms with Gasteiger partial charge in [-0.1, -0.05) is 6.07 Å². The third kappa shape index (κ3) is 2.40. The van der Waals surface area contributed by atoms with Crippen LogP contribution in [0.3, 0.4) is 0 Å². The largest absolute Gasteiger partial charge is 0.367 e. The van der Waals surface area contributed by atoms with Crippen molar-refractivity contribution in [3.05, 3.63) is 22.8 Å². The summed E-state index contributed by atoms with van der Waals surface area (Å²) in [5.41, 5.74) is -0.968. The Bertz CT molecular complexity index is 312. The van der Waals surface area contributed by atoms with E-state index in [1.165, 1.54) is 0 Å². The van der Waals surface area contributed by atoms with Crippen molar-refractivity contribution in [3.8, 4) is 0 Å². The topological polar surface area (TPSA) is 24.9 Å². The van der Waals surface area contributed by atoms with E-state index < -0.39 is 5.67 Å². The summed E-state index contributed by atoms with van der Waals surface area (Å²) in [5.74, 6) is 0.721. The molecule has 0 saturated heterocycles. The van der Waals surface area contributed by atoms with E-state index >= 15 is 0 Å². The number of halogens is 2. The lowest BCUT2D eigenvalue weighted by Crippen LogP contribution is -2.16. The Hall–Kier alpha value is -0.640. The molecule has 13 heavy (non-hydrogen) atoms. The van der Waals surface area contributed by atoms with Crippen LogP contribution in [0.25, 0.3) is 0 Å². The van der Waals surface area contributed by atoms with Gasteiger partial charge in [0.15, 0.2) is 0 Å². The van der Waals surface area contributed by atoms with E-state index in [0.717, 1.165) is 10.4 Å². The molecule has 0 aromatic carbocycles. The maximum absolute atomic E-state index is 13.2. The van der Waals surface area contributed by atoms with Crippen molar-refractivity contribution in [2.24, 2.45) is 0 Å². The lowest BCUT2D eigenvalue weighted by Gasteiger charge is -2.07. The fourth-order valence-corrected chi connectivity index (χ4v) is 1.41. The second-order valence-corrected chi connectivity index (χ2v) is 4.16. The van der Waals surface area contributed by atoms with Gasteiger partial charge in [0.25, 0.3) is 0 Å². The first-order valence-corrected chi connectivity index (χ1v) is 5.03. The standard InChI is InChI=1S/C9H10BrFN2/c10-7-2-1-3-8(13-7)12-6-9(11)4-5-9/h1-3H,4-6H2,(H,12,13). The summed E-state index contributed by atoms with van der Waals surface area (Å²) < 4.78 is 13.9. The molecule has 70 valence electrons. The maximum Gasteiger partial charge on any atom is 0.128 e. The molecule has 1 fully saturated rings. The average molecular weight is 245 g/mol. The van der Waals surface area contributed by atoms with Gasteiger partial charge in [-0.25, -0.2) is 9.37 Å². The molecule has 1 aliphatic rings. The summed E-state index contributed by atoms with van der Waals surface area (Å²) in [6.45, 7) is 0.371. The highest BCUT2D eigenvalue weighted by molar-refractivity contribution is 9.10. The number of pyridine rings is 1. The van der Waals surface area contributed by atoms with Crippen LogP contribution in [0, 0.1) is 0 Å². The highest BCUT2D eigenvalue weighted by Gasteiger charge is 2.42. The van der Waals surface area contributed by atoms with E-state index in [9.17, 15) is 4.39 Å². The quantitative estimate of drug-likeness (QED) is 0.828. The van der Waals surface area contributed by atoms with Gasteiger partial charge in [0.05, 0.1) is 6.54 Å². The number of alkyl halides is 1. The van der Waals surface area contributed by atoms with Crippen LogP contribution in [0.5, 0.6) is 0 Å². The van der Waals surface area contributed by atoms with E-state index in [0.29, 0.717) is 19.4 Å². The molecular weight excluding hydrogens is 235 g/mol. The smallest absolute Gasteiger partial charge is 0.128 e. The van der Waals surface area contributed by atoms with Crippen molar-refractivity contribution < 1.29 is 4.39 Å². The molecule has 2 nitrogen and oxygen atoms in total. The van der Waals surface area contributed by atoms with E-state index in [2.05, 4.69) is 26.2 Å². The molecule has 0 radical (unpaired) electrons. The van der Waals surface area contributed by atoms with Gasteiger partial charge in [-0.05, 0) is 40.9 Å². The Morgan fingerprint density at radius 3 is 2.92 bits per heavy atom. The summed E-state index contributed by atoms with van der Waals surface area (Å²) in [4.78, 5) is 4.14. The van der Waals surface area contributed by atoms with Gasteiger partial charge in [0.2, 0.25) is 0 Å².